The Morgan fingerprint density at radius 3 is 2.82 bits per heavy atom. The van der Waals surface area contributed by atoms with E-state index in [-0.39, 0.29) is 0 Å². The number of aromatic nitrogens is 4. The maximum atomic E-state index is 5.92. The molecular formula is C12H9ClN4. The van der Waals surface area contributed by atoms with E-state index >= 15 is 0 Å². The van der Waals surface area contributed by atoms with E-state index in [0.717, 1.165) is 22.4 Å². The molecule has 0 atom stereocenters. The van der Waals surface area contributed by atoms with Crippen LogP contribution in [-0.2, 0) is 0 Å². The third kappa shape index (κ3) is 1.87. The Labute approximate surface area is 103 Å². The normalized spacial score (nSPS) is 10.9. The Morgan fingerprint density at radius 1 is 1.18 bits per heavy atom. The molecule has 0 saturated carbocycles. The smallest absolute Gasteiger partial charge is 0.158 e. The molecule has 0 aliphatic carbocycles. The molecule has 17 heavy (non-hydrogen) atoms. The van der Waals surface area contributed by atoms with Gasteiger partial charge in [0.1, 0.15) is 5.69 Å². The first-order valence-electron chi connectivity index (χ1n) is 5.17. The lowest BCUT2D eigenvalue weighted by Crippen LogP contribution is -1.89. The summed E-state index contributed by atoms with van der Waals surface area (Å²) in [7, 11) is 0. The van der Waals surface area contributed by atoms with Crippen molar-refractivity contribution in [1.29, 1.82) is 0 Å². The summed E-state index contributed by atoms with van der Waals surface area (Å²) in [5.74, 6) is 0.703. The third-order valence-electron chi connectivity index (χ3n) is 2.47. The number of halogens is 1. The fourth-order valence-corrected chi connectivity index (χ4v) is 1.79. The van der Waals surface area contributed by atoms with Gasteiger partial charge in [0, 0.05) is 11.2 Å². The molecule has 0 fully saturated rings. The molecule has 0 radical (unpaired) electrons. The van der Waals surface area contributed by atoms with Crippen LogP contribution >= 0.6 is 11.6 Å². The molecule has 3 aromatic rings. The lowest BCUT2D eigenvalue weighted by Gasteiger charge is -1.94. The molecular weight excluding hydrogens is 236 g/mol. The van der Waals surface area contributed by atoms with Crippen LogP contribution in [-0.4, -0.2) is 19.9 Å². The number of aromatic amines is 1. The van der Waals surface area contributed by atoms with E-state index in [4.69, 9.17) is 11.6 Å². The fourth-order valence-electron chi connectivity index (χ4n) is 1.62. The zero-order chi connectivity index (χ0) is 11.8. The van der Waals surface area contributed by atoms with E-state index in [1.807, 2.05) is 25.1 Å². The molecule has 5 heteroatoms. The zero-order valence-corrected chi connectivity index (χ0v) is 9.86. The molecule has 0 aliphatic rings. The molecule has 1 aromatic carbocycles. The van der Waals surface area contributed by atoms with Crippen molar-refractivity contribution in [2.24, 2.45) is 0 Å². The summed E-state index contributed by atoms with van der Waals surface area (Å²) in [5.41, 5.74) is 3.37. The van der Waals surface area contributed by atoms with Crippen LogP contribution in [0.5, 0.6) is 0 Å². The van der Waals surface area contributed by atoms with Crippen LogP contribution < -0.4 is 0 Å². The van der Waals surface area contributed by atoms with Gasteiger partial charge in [0.25, 0.3) is 0 Å². The van der Waals surface area contributed by atoms with Gasteiger partial charge in [-0.2, -0.15) is 0 Å². The summed E-state index contributed by atoms with van der Waals surface area (Å²) >= 11 is 5.92. The van der Waals surface area contributed by atoms with Gasteiger partial charge in [-0.3, -0.25) is 4.98 Å². The summed E-state index contributed by atoms with van der Waals surface area (Å²) in [5, 5.41) is 0.683. The minimum atomic E-state index is 0.683. The topological polar surface area (TPSA) is 54.5 Å². The Bertz CT molecular complexity index is 673. The van der Waals surface area contributed by atoms with Gasteiger partial charge in [0.05, 0.1) is 22.9 Å². The highest BCUT2D eigenvalue weighted by Crippen LogP contribution is 2.21. The quantitative estimate of drug-likeness (QED) is 0.716. The predicted octanol–water partition coefficient (Wildman–Crippen LogP) is 2.98. The van der Waals surface area contributed by atoms with Gasteiger partial charge >= 0.3 is 0 Å². The molecule has 0 spiro atoms. The summed E-state index contributed by atoms with van der Waals surface area (Å²) in [6, 6.07) is 5.53. The molecule has 0 amide bonds. The third-order valence-corrected chi connectivity index (χ3v) is 2.70. The number of nitrogens with one attached hydrogen (secondary N) is 1. The van der Waals surface area contributed by atoms with Gasteiger partial charge in [-0.25, -0.2) is 9.97 Å². The van der Waals surface area contributed by atoms with Crippen LogP contribution in [0.2, 0.25) is 5.02 Å². The molecule has 4 nitrogen and oxygen atoms in total. The van der Waals surface area contributed by atoms with Gasteiger partial charge < -0.3 is 4.98 Å². The van der Waals surface area contributed by atoms with Gasteiger partial charge in [-0.1, -0.05) is 11.6 Å². The van der Waals surface area contributed by atoms with Crippen molar-refractivity contribution >= 4 is 22.6 Å². The maximum Gasteiger partial charge on any atom is 0.158 e. The number of fused-ring (bicyclic) bond motifs is 1. The standard InChI is InChI=1S/C12H9ClN4/c1-7-5-15-11(6-14-7)12-16-9-3-2-8(13)4-10(9)17-12/h2-6H,1H3,(H,16,17). The van der Waals surface area contributed by atoms with E-state index < -0.39 is 0 Å². The van der Waals surface area contributed by atoms with Crippen LogP contribution in [0.25, 0.3) is 22.6 Å². The van der Waals surface area contributed by atoms with Crippen molar-refractivity contribution in [3.05, 3.63) is 41.3 Å². The van der Waals surface area contributed by atoms with Crippen LogP contribution in [0.15, 0.2) is 30.6 Å². The van der Waals surface area contributed by atoms with Gasteiger partial charge in [0.2, 0.25) is 0 Å². The number of nitrogens with zero attached hydrogens (tertiary/aromatic N) is 3. The number of imidazole rings is 1. The number of benzene rings is 1. The van der Waals surface area contributed by atoms with Crippen LogP contribution in [0.3, 0.4) is 0 Å². The average molecular weight is 245 g/mol. The molecule has 84 valence electrons. The second-order valence-electron chi connectivity index (χ2n) is 3.79. The van der Waals surface area contributed by atoms with E-state index in [0.29, 0.717) is 10.8 Å². The summed E-state index contributed by atoms with van der Waals surface area (Å²) in [4.78, 5) is 16.1. The lowest BCUT2D eigenvalue weighted by molar-refractivity contribution is 1.10. The molecule has 0 saturated heterocycles. The first-order chi connectivity index (χ1) is 8.22. The van der Waals surface area contributed by atoms with Crippen LogP contribution in [0, 0.1) is 6.92 Å². The summed E-state index contributed by atoms with van der Waals surface area (Å²) in [6.45, 7) is 1.90. The van der Waals surface area contributed by atoms with Crippen molar-refractivity contribution < 1.29 is 0 Å². The highest BCUT2D eigenvalue weighted by molar-refractivity contribution is 6.31. The van der Waals surface area contributed by atoms with Gasteiger partial charge in [0.15, 0.2) is 5.82 Å². The number of hydrogen-bond acceptors (Lipinski definition) is 3. The molecule has 2 aromatic heterocycles. The monoisotopic (exact) mass is 244 g/mol. The van der Waals surface area contributed by atoms with Crippen molar-refractivity contribution in [1.82, 2.24) is 19.9 Å². The molecule has 0 unspecified atom stereocenters. The van der Waals surface area contributed by atoms with E-state index in [9.17, 15) is 0 Å². The average Bonchev–Trinajstić information content (AvgIpc) is 2.72. The van der Waals surface area contributed by atoms with Crippen molar-refractivity contribution in [2.75, 3.05) is 0 Å². The van der Waals surface area contributed by atoms with Gasteiger partial charge in [-0.15, -0.1) is 0 Å². The second kappa shape index (κ2) is 3.82. The molecule has 3 rings (SSSR count). The highest BCUT2D eigenvalue weighted by atomic mass is 35.5. The van der Waals surface area contributed by atoms with Crippen LogP contribution in [0.4, 0.5) is 0 Å². The lowest BCUT2D eigenvalue weighted by atomic mass is 10.3. The van der Waals surface area contributed by atoms with Crippen molar-refractivity contribution in [3.63, 3.8) is 0 Å². The van der Waals surface area contributed by atoms with Gasteiger partial charge in [-0.05, 0) is 25.1 Å². The van der Waals surface area contributed by atoms with E-state index in [1.165, 1.54) is 0 Å². The number of aryl methyl sites for hydroxylation is 1. The minimum Gasteiger partial charge on any atom is -0.337 e. The Balaban J connectivity index is 2.14. The largest absolute Gasteiger partial charge is 0.337 e. The Kier molecular flexibility index (Phi) is 2.30. The Hall–Kier alpha value is -1.94. The van der Waals surface area contributed by atoms with Crippen molar-refractivity contribution in [3.8, 4) is 11.5 Å². The zero-order valence-electron chi connectivity index (χ0n) is 9.11. The first-order valence-corrected chi connectivity index (χ1v) is 5.54. The van der Waals surface area contributed by atoms with E-state index in [1.54, 1.807) is 12.4 Å². The predicted molar refractivity (Wildman–Crippen MR) is 66.9 cm³/mol. The minimum absolute atomic E-state index is 0.683. The molecule has 0 bridgehead atoms. The first kappa shape index (κ1) is 10.2. The SMILES string of the molecule is Cc1cnc(-c2nc3ccc(Cl)cc3[nH]2)cn1. The van der Waals surface area contributed by atoms with E-state index in [2.05, 4.69) is 19.9 Å². The number of rotatable bonds is 1. The second-order valence-corrected chi connectivity index (χ2v) is 4.23. The number of H-pyrrole nitrogens is 1. The summed E-state index contributed by atoms with van der Waals surface area (Å²) in [6.07, 6.45) is 3.42. The molecule has 2 heterocycles. The fraction of sp³-hybridized carbons (Fsp3) is 0.0833. The Morgan fingerprint density at radius 2 is 2.06 bits per heavy atom. The number of hydrogen-bond donors (Lipinski definition) is 1. The maximum absolute atomic E-state index is 5.92. The molecule has 0 aliphatic heterocycles. The van der Waals surface area contributed by atoms with Crippen molar-refractivity contribution in [2.45, 2.75) is 6.92 Å². The molecule has 1 N–H and O–H groups in total. The van der Waals surface area contributed by atoms with Crippen LogP contribution in [0.1, 0.15) is 5.69 Å². The highest BCUT2D eigenvalue weighted by Gasteiger charge is 2.06. The summed E-state index contributed by atoms with van der Waals surface area (Å²) < 4.78 is 0.